The van der Waals surface area contributed by atoms with Crippen LogP contribution in [0.5, 0.6) is 5.75 Å². The number of rotatable bonds is 9. The average Bonchev–Trinajstić information content (AvgIpc) is 2.64. The topological polar surface area (TPSA) is 93.9 Å². The number of hydrogen-bond donors (Lipinski definition) is 2. The highest BCUT2D eigenvalue weighted by molar-refractivity contribution is 5.56. The van der Waals surface area contributed by atoms with Crippen molar-refractivity contribution in [3.8, 4) is 5.75 Å². The third-order valence-electron chi connectivity index (χ3n) is 3.75. The van der Waals surface area contributed by atoms with Crippen molar-refractivity contribution in [2.24, 2.45) is 0 Å². The molecule has 0 saturated heterocycles. The Morgan fingerprint density at radius 3 is 2.56 bits per heavy atom. The van der Waals surface area contributed by atoms with Crippen molar-refractivity contribution in [2.75, 3.05) is 25.6 Å². The molecule has 0 aromatic heterocycles. The molecule has 2 rings (SSSR count). The Hall–Kier alpha value is -2.64. The molecule has 0 saturated carbocycles. The molecule has 7 nitrogen and oxygen atoms in total. The average molecular weight is 346 g/mol. The van der Waals surface area contributed by atoms with Crippen molar-refractivity contribution < 1.29 is 19.5 Å². The van der Waals surface area contributed by atoms with Crippen molar-refractivity contribution in [3.05, 3.63) is 63.7 Å². The Morgan fingerprint density at radius 2 is 1.96 bits per heavy atom. The van der Waals surface area contributed by atoms with Crippen LogP contribution in [0.4, 0.5) is 11.4 Å². The SMILES string of the molecule is CCOCc1cc([N+](=O)[O-])ccc1NCC(O)c1ccc(OC)cc1. The maximum absolute atomic E-state index is 10.9. The van der Waals surface area contributed by atoms with E-state index in [-0.39, 0.29) is 18.8 Å². The zero-order valence-electron chi connectivity index (χ0n) is 14.3. The minimum absolute atomic E-state index is 0.0101. The highest BCUT2D eigenvalue weighted by atomic mass is 16.6. The van der Waals surface area contributed by atoms with Gasteiger partial charge in [-0.15, -0.1) is 0 Å². The van der Waals surface area contributed by atoms with E-state index in [1.807, 2.05) is 6.92 Å². The number of nitrogens with one attached hydrogen (secondary N) is 1. The summed E-state index contributed by atoms with van der Waals surface area (Å²) in [5, 5.41) is 24.4. The van der Waals surface area contributed by atoms with Gasteiger partial charge < -0.3 is 19.9 Å². The molecule has 7 heteroatoms. The van der Waals surface area contributed by atoms with Gasteiger partial charge >= 0.3 is 0 Å². The number of benzene rings is 2. The second-order valence-electron chi connectivity index (χ2n) is 5.41. The van der Waals surface area contributed by atoms with Crippen LogP contribution in [-0.4, -0.2) is 30.3 Å². The van der Waals surface area contributed by atoms with E-state index in [1.165, 1.54) is 12.1 Å². The van der Waals surface area contributed by atoms with Crippen LogP contribution >= 0.6 is 0 Å². The summed E-state index contributed by atoms with van der Waals surface area (Å²) < 4.78 is 10.5. The normalized spacial score (nSPS) is 11.8. The summed E-state index contributed by atoms with van der Waals surface area (Å²) in [5.41, 5.74) is 2.14. The minimum atomic E-state index is -0.721. The number of methoxy groups -OCH3 is 1. The lowest BCUT2D eigenvalue weighted by atomic mass is 10.1. The van der Waals surface area contributed by atoms with Crippen molar-refractivity contribution in [3.63, 3.8) is 0 Å². The molecule has 0 heterocycles. The standard InChI is InChI=1S/C18H22N2O5/c1-3-25-12-14-10-15(20(22)23)6-9-17(14)19-11-18(21)13-4-7-16(24-2)8-5-13/h4-10,18-19,21H,3,11-12H2,1-2H3. The number of aliphatic hydroxyl groups is 1. The van der Waals surface area contributed by atoms with Gasteiger partial charge in [-0.3, -0.25) is 10.1 Å². The van der Waals surface area contributed by atoms with Gasteiger partial charge in [0.1, 0.15) is 5.75 Å². The molecule has 1 unspecified atom stereocenters. The monoisotopic (exact) mass is 346 g/mol. The summed E-state index contributed by atoms with van der Waals surface area (Å²) in [5.74, 6) is 0.721. The van der Waals surface area contributed by atoms with Gasteiger partial charge in [0.05, 0.1) is 24.7 Å². The number of nitro groups is 1. The first-order chi connectivity index (χ1) is 12.0. The Labute approximate surface area is 146 Å². The molecule has 2 N–H and O–H groups in total. The quantitative estimate of drug-likeness (QED) is 0.534. The first-order valence-corrected chi connectivity index (χ1v) is 7.96. The van der Waals surface area contributed by atoms with E-state index in [4.69, 9.17) is 9.47 Å². The van der Waals surface area contributed by atoms with Crippen LogP contribution in [0.1, 0.15) is 24.2 Å². The first kappa shape index (κ1) is 18.7. The van der Waals surface area contributed by atoms with Crippen LogP contribution in [0.2, 0.25) is 0 Å². The first-order valence-electron chi connectivity index (χ1n) is 7.96. The fourth-order valence-electron chi connectivity index (χ4n) is 2.35. The Morgan fingerprint density at radius 1 is 1.24 bits per heavy atom. The van der Waals surface area contributed by atoms with Crippen molar-refractivity contribution in [1.82, 2.24) is 0 Å². The van der Waals surface area contributed by atoms with Crippen LogP contribution in [0, 0.1) is 10.1 Å². The van der Waals surface area contributed by atoms with Crippen molar-refractivity contribution in [2.45, 2.75) is 19.6 Å². The summed E-state index contributed by atoms with van der Waals surface area (Å²) in [4.78, 5) is 10.5. The maximum Gasteiger partial charge on any atom is 0.269 e. The number of aliphatic hydroxyl groups excluding tert-OH is 1. The third-order valence-corrected chi connectivity index (χ3v) is 3.75. The molecule has 134 valence electrons. The smallest absolute Gasteiger partial charge is 0.269 e. The molecule has 0 bridgehead atoms. The van der Waals surface area contributed by atoms with E-state index in [0.29, 0.717) is 17.9 Å². The van der Waals surface area contributed by atoms with Gasteiger partial charge in [0.2, 0.25) is 0 Å². The molecular weight excluding hydrogens is 324 g/mol. The summed E-state index contributed by atoms with van der Waals surface area (Å²) in [6, 6.07) is 11.7. The molecule has 0 amide bonds. The van der Waals surface area contributed by atoms with E-state index in [0.717, 1.165) is 11.3 Å². The molecule has 0 fully saturated rings. The van der Waals surface area contributed by atoms with Gasteiger partial charge in [-0.05, 0) is 30.7 Å². The minimum Gasteiger partial charge on any atom is -0.497 e. The van der Waals surface area contributed by atoms with E-state index in [2.05, 4.69) is 5.32 Å². The third kappa shape index (κ3) is 5.17. The summed E-state index contributed by atoms with van der Waals surface area (Å²) in [7, 11) is 1.58. The summed E-state index contributed by atoms with van der Waals surface area (Å²) >= 11 is 0. The lowest BCUT2D eigenvalue weighted by Crippen LogP contribution is -2.13. The lowest BCUT2D eigenvalue weighted by Gasteiger charge is -2.16. The molecule has 1 atom stereocenters. The second kappa shape index (κ2) is 9.00. The Balaban J connectivity index is 2.08. The predicted octanol–water partition coefficient (Wildman–Crippen LogP) is 3.29. The Bertz CT molecular complexity index is 703. The van der Waals surface area contributed by atoms with Crippen molar-refractivity contribution >= 4 is 11.4 Å². The summed E-state index contributed by atoms with van der Waals surface area (Å²) in [6.45, 7) is 2.90. The van der Waals surface area contributed by atoms with Gasteiger partial charge in [-0.25, -0.2) is 0 Å². The zero-order valence-corrected chi connectivity index (χ0v) is 14.3. The molecular formula is C18H22N2O5. The van der Waals surface area contributed by atoms with E-state index >= 15 is 0 Å². The van der Waals surface area contributed by atoms with Crippen LogP contribution in [0.15, 0.2) is 42.5 Å². The molecule has 0 radical (unpaired) electrons. The number of non-ortho nitro benzene ring substituents is 1. The number of hydrogen-bond acceptors (Lipinski definition) is 6. The number of nitrogens with zero attached hydrogens (tertiary/aromatic N) is 1. The van der Waals surface area contributed by atoms with E-state index in [1.54, 1.807) is 37.4 Å². The van der Waals surface area contributed by atoms with Crippen LogP contribution in [-0.2, 0) is 11.3 Å². The fraction of sp³-hybridized carbons (Fsp3) is 0.333. The number of ether oxygens (including phenoxy) is 2. The highest BCUT2D eigenvalue weighted by Crippen LogP contribution is 2.24. The van der Waals surface area contributed by atoms with Gasteiger partial charge in [0.15, 0.2) is 0 Å². The largest absolute Gasteiger partial charge is 0.497 e. The molecule has 2 aromatic rings. The van der Waals surface area contributed by atoms with Crippen LogP contribution < -0.4 is 10.1 Å². The predicted molar refractivity (Wildman–Crippen MR) is 94.9 cm³/mol. The highest BCUT2D eigenvalue weighted by Gasteiger charge is 2.13. The maximum atomic E-state index is 10.9. The van der Waals surface area contributed by atoms with Crippen LogP contribution in [0.3, 0.4) is 0 Å². The molecule has 0 aliphatic heterocycles. The van der Waals surface area contributed by atoms with E-state index < -0.39 is 11.0 Å². The molecule has 2 aromatic carbocycles. The Kier molecular flexibility index (Phi) is 6.73. The van der Waals surface area contributed by atoms with Gasteiger partial charge in [0, 0.05) is 36.5 Å². The van der Waals surface area contributed by atoms with E-state index in [9.17, 15) is 15.2 Å². The number of nitro benzene ring substituents is 1. The van der Waals surface area contributed by atoms with Gasteiger partial charge in [0.25, 0.3) is 5.69 Å². The van der Waals surface area contributed by atoms with Gasteiger partial charge in [-0.2, -0.15) is 0 Å². The molecule has 0 aliphatic carbocycles. The van der Waals surface area contributed by atoms with Crippen LogP contribution in [0.25, 0.3) is 0 Å². The summed E-state index contributed by atoms with van der Waals surface area (Å²) in [6.07, 6.45) is -0.721. The molecule has 0 aliphatic rings. The lowest BCUT2D eigenvalue weighted by molar-refractivity contribution is -0.384. The molecule has 0 spiro atoms. The van der Waals surface area contributed by atoms with Gasteiger partial charge in [-0.1, -0.05) is 12.1 Å². The fourth-order valence-corrected chi connectivity index (χ4v) is 2.35. The second-order valence-corrected chi connectivity index (χ2v) is 5.41. The molecule has 25 heavy (non-hydrogen) atoms. The zero-order chi connectivity index (χ0) is 18.2. The van der Waals surface area contributed by atoms with Crippen molar-refractivity contribution in [1.29, 1.82) is 0 Å². The number of anilines is 1.